The van der Waals surface area contributed by atoms with Crippen LogP contribution in [-0.4, -0.2) is 28.5 Å². The van der Waals surface area contributed by atoms with Gasteiger partial charge in [0.05, 0.1) is 0 Å². The Labute approximate surface area is 114 Å². The van der Waals surface area contributed by atoms with Gasteiger partial charge in [-0.05, 0) is 18.9 Å². The van der Waals surface area contributed by atoms with Crippen molar-refractivity contribution in [2.75, 3.05) is 13.2 Å². The van der Waals surface area contributed by atoms with E-state index in [1.807, 2.05) is 0 Å². The number of phenolic OH excluding ortho intramolecular Hbond substituents is 2. The van der Waals surface area contributed by atoms with Gasteiger partial charge < -0.3 is 20.6 Å². The minimum absolute atomic E-state index is 0.00475. The fourth-order valence-corrected chi connectivity index (χ4v) is 2.86. The normalized spacial score (nSPS) is 18.4. The molecule has 1 aromatic rings. The molecule has 0 spiro atoms. The third-order valence-electron chi connectivity index (χ3n) is 4.13. The number of hydrogen-bond donors (Lipinski definition) is 4. The third-order valence-corrected chi connectivity index (χ3v) is 4.13. The summed E-state index contributed by atoms with van der Waals surface area (Å²) in [6.45, 7) is 1.54. The molecule has 1 aliphatic rings. The molecule has 1 aromatic carbocycles. The van der Waals surface area contributed by atoms with Crippen LogP contribution in [0.1, 0.15) is 37.7 Å². The second-order valence-corrected chi connectivity index (χ2v) is 5.64. The molecule has 0 atom stereocenters. The number of nitrogens with one attached hydrogen (secondary N) is 1. The summed E-state index contributed by atoms with van der Waals surface area (Å²) >= 11 is 0. The topological polar surface area (TPSA) is 72.7 Å². The first-order valence-electron chi connectivity index (χ1n) is 6.98. The molecule has 0 radical (unpaired) electrons. The van der Waals surface area contributed by atoms with Gasteiger partial charge in [0, 0.05) is 36.7 Å². The molecule has 0 heterocycles. The molecule has 0 amide bonds. The molecule has 106 valence electrons. The summed E-state index contributed by atoms with van der Waals surface area (Å²) in [6.07, 6.45) is 5.77. The smallest absolute Gasteiger partial charge is 0.123 e. The SMILES string of the molecule is OCC1(CNCc2ccc(O)cc2O)CCCCC1. The molecule has 0 bridgehead atoms. The van der Waals surface area contributed by atoms with Crippen LogP contribution in [0.5, 0.6) is 11.5 Å². The second-order valence-electron chi connectivity index (χ2n) is 5.64. The van der Waals surface area contributed by atoms with E-state index in [0.717, 1.165) is 24.9 Å². The molecule has 4 N–H and O–H groups in total. The van der Waals surface area contributed by atoms with Crippen LogP contribution in [0.4, 0.5) is 0 Å². The highest BCUT2D eigenvalue weighted by molar-refractivity contribution is 5.38. The lowest BCUT2D eigenvalue weighted by Crippen LogP contribution is -2.38. The maximum atomic E-state index is 9.70. The highest BCUT2D eigenvalue weighted by Gasteiger charge is 2.30. The van der Waals surface area contributed by atoms with Crippen molar-refractivity contribution in [2.45, 2.75) is 38.6 Å². The molecule has 4 nitrogen and oxygen atoms in total. The number of aromatic hydroxyl groups is 2. The van der Waals surface area contributed by atoms with E-state index in [9.17, 15) is 15.3 Å². The van der Waals surface area contributed by atoms with Gasteiger partial charge in [-0.25, -0.2) is 0 Å². The number of rotatable bonds is 5. The first-order valence-corrected chi connectivity index (χ1v) is 6.98. The molecule has 0 saturated heterocycles. The van der Waals surface area contributed by atoms with Crippen molar-refractivity contribution >= 4 is 0 Å². The Morgan fingerprint density at radius 1 is 1.11 bits per heavy atom. The van der Waals surface area contributed by atoms with E-state index >= 15 is 0 Å². The van der Waals surface area contributed by atoms with Gasteiger partial charge in [-0.3, -0.25) is 0 Å². The van der Waals surface area contributed by atoms with Crippen molar-refractivity contribution in [2.24, 2.45) is 5.41 Å². The van der Waals surface area contributed by atoms with Crippen molar-refractivity contribution in [1.29, 1.82) is 0 Å². The van der Waals surface area contributed by atoms with E-state index in [4.69, 9.17) is 0 Å². The average Bonchev–Trinajstić information content (AvgIpc) is 2.42. The van der Waals surface area contributed by atoms with Crippen molar-refractivity contribution in [3.8, 4) is 11.5 Å². The van der Waals surface area contributed by atoms with Gasteiger partial charge in [-0.15, -0.1) is 0 Å². The molecule has 2 rings (SSSR count). The van der Waals surface area contributed by atoms with Crippen LogP contribution >= 0.6 is 0 Å². The summed E-state index contributed by atoms with van der Waals surface area (Å²) < 4.78 is 0. The minimum Gasteiger partial charge on any atom is -0.508 e. The van der Waals surface area contributed by atoms with Crippen LogP contribution < -0.4 is 5.32 Å². The molecule has 1 aliphatic carbocycles. The molecular weight excluding hydrogens is 242 g/mol. The highest BCUT2D eigenvalue weighted by atomic mass is 16.3. The zero-order valence-electron chi connectivity index (χ0n) is 11.2. The molecule has 0 unspecified atom stereocenters. The monoisotopic (exact) mass is 265 g/mol. The van der Waals surface area contributed by atoms with Gasteiger partial charge in [0.15, 0.2) is 0 Å². The molecule has 1 fully saturated rings. The molecular formula is C15H23NO3. The quantitative estimate of drug-likeness (QED) is 0.658. The summed E-state index contributed by atoms with van der Waals surface area (Å²) in [4.78, 5) is 0. The Morgan fingerprint density at radius 2 is 1.84 bits per heavy atom. The van der Waals surface area contributed by atoms with E-state index in [1.54, 1.807) is 12.1 Å². The molecule has 1 saturated carbocycles. The van der Waals surface area contributed by atoms with Gasteiger partial charge in [0.25, 0.3) is 0 Å². The number of benzene rings is 1. The number of aliphatic hydroxyl groups is 1. The summed E-state index contributed by atoms with van der Waals surface area (Å²) in [6, 6.07) is 4.63. The van der Waals surface area contributed by atoms with Crippen LogP contribution in [-0.2, 0) is 6.54 Å². The molecule has 0 aliphatic heterocycles. The van der Waals surface area contributed by atoms with Crippen LogP contribution in [0.3, 0.4) is 0 Å². The van der Waals surface area contributed by atoms with Gasteiger partial charge in [0.1, 0.15) is 11.5 Å². The van der Waals surface area contributed by atoms with Gasteiger partial charge in [0.2, 0.25) is 0 Å². The largest absolute Gasteiger partial charge is 0.508 e. The van der Waals surface area contributed by atoms with Crippen molar-refractivity contribution in [3.05, 3.63) is 23.8 Å². The lowest BCUT2D eigenvalue weighted by molar-refractivity contribution is 0.0810. The lowest BCUT2D eigenvalue weighted by atomic mass is 9.74. The van der Waals surface area contributed by atoms with Gasteiger partial charge in [-0.2, -0.15) is 0 Å². The van der Waals surface area contributed by atoms with Crippen LogP contribution in [0.15, 0.2) is 18.2 Å². The number of hydrogen-bond acceptors (Lipinski definition) is 4. The Kier molecular flexibility index (Phi) is 4.66. The van der Waals surface area contributed by atoms with Crippen molar-refractivity contribution < 1.29 is 15.3 Å². The Morgan fingerprint density at radius 3 is 2.47 bits per heavy atom. The molecule has 4 heteroatoms. The van der Waals surface area contributed by atoms with E-state index < -0.39 is 0 Å². The summed E-state index contributed by atoms with van der Waals surface area (Å²) in [5.74, 6) is 0.176. The Hall–Kier alpha value is -1.26. The number of phenols is 2. The second kappa shape index (κ2) is 6.26. The predicted molar refractivity (Wildman–Crippen MR) is 74.1 cm³/mol. The third kappa shape index (κ3) is 3.61. The van der Waals surface area contributed by atoms with E-state index in [0.29, 0.717) is 6.54 Å². The highest BCUT2D eigenvalue weighted by Crippen LogP contribution is 2.35. The summed E-state index contributed by atoms with van der Waals surface area (Å²) in [5, 5.41) is 31.9. The molecule has 19 heavy (non-hydrogen) atoms. The van der Waals surface area contributed by atoms with Crippen LogP contribution in [0.25, 0.3) is 0 Å². The average molecular weight is 265 g/mol. The summed E-state index contributed by atoms with van der Waals surface area (Å²) in [7, 11) is 0. The van der Waals surface area contributed by atoms with E-state index in [2.05, 4.69) is 5.32 Å². The van der Waals surface area contributed by atoms with Crippen LogP contribution in [0.2, 0.25) is 0 Å². The molecule has 0 aromatic heterocycles. The Bertz CT molecular complexity index is 414. The van der Waals surface area contributed by atoms with Gasteiger partial charge >= 0.3 is 0 Å². The first kappa shape index (κ1) is 14.2. The van der Waals surface area contributed by atoms with Crippen molar-refractivity contribution in [1.82, 2.24) is 5.32 Å². The van der Waals surface area contributed by atoms with Gasteiger partial charge in [-0.1, -0.05) is 25.3 Å². The zero-order valence-corrected chi connectivity index (χ0v) is 11.2. The first-order chi connectivity index (χ1) is 9.15. The lowest BCUT2D eigenvalue weighted by Gasteiger charge is -2.35. The Balaban J connectivity index is 1.88. The predicted octanol–water partition coefficient (Wildman–Crippen LogP) is 2.13. The fourth-order valence-electron chi connectivity index (χ4n) is 2.86. The van der Waals surface area contributed by atoms with Crippen molar-refractivity contribution in [3.63, 3.8) is 0 Å². The number of aliphatic hydroxyl groups excluding tert-OH is 1. The maximum absolute atomic E-state index is 9.70. The van der Waals surface area contributed by atoms with E-state index in [-0.39, 0.29) is 23.5 Å². The fraction of sp³-hybridized carbons (Fsp3) is 0.600. The zero-order chi connectivity index (χ0) is 13.7. The van der Waals surface area contributed by atoms with E-state index in [1.165, 1.54) is 25.3 Å². The minimum atomic E-state index is 0.00475. The summed E-state index contributed by atoms with van der Waals surface area (Å²) in [5.41, 5.74) is 0.770. The standard InChI is InChI=1S/C15H23NO3/c17-11-15(6-2-1-3-7-15)10-16-9-12-4-5-13(18)8-14(12)19/h4-5,8,16-19H,1-3,6-7,9-11H2. The van der Waals surface area contributed by atoms with Crippen LogP contribution in [0, 0.1) is 5.41 Å². The maximum Gasteiger partial charge on any atom is 0.123 e.